The fraction of sp³-hybridized carbons (Fsp3) is 0.333. The van der Waals surface area contributed by atoms with Gasteiger partial charge in [0.05, 0.1) is 16.1 Å². The smallest absolute Gasteiger partial charge is 0.434 e. The first-order valence-electron chi connectivity index (χ1n) is 8.73. The summed E-state index contributed by atoms with van der Waals surface area (Å²) in [4.78, 5) is 25.7. The minimum atomic E-state index is -0.640. The van der Waals surface area contributed by atoms with Gasteiger partial charge in [-0.05, 0) is 25.0 Å². The van der Waals surface area contributed by atoms with Gasteiger partial charge >= 0.3 is 5.76 Å². The highest BCUT2D eigenvalue weighted by Gasteiger charge is 2.17. The van der Waals surface area contributed by atoms with Gasteiger partial charge < -0.3 is 10.1 Å². The Morgan fingerprint density at radius 3 is 2.38 bits per heavy atom. The van der Waals surface area contributed by atoms with Crippen LogP contribution in [0.4, 0.5) is 5.69 Å². The molecule has 0 fully saturated rings. The molecule has 3 aromatic rings. The molecule has 0 amide bonds. The van der Waals surface area contributed by atoms with E-state index in [2.05, 4.69) is 25.1 Å². The van der Waals surface area contributed by atoms with Crippen molar-refractivity contribution in [2.24, 2.45) is 7.05 Å². The number of halogens is 2. The second kappa shape index (κ2) is 8.30. The van der Waals surface area contributed by atoms with Crippen molar-refractivity contribution in [1.82, 2.24) is 19.9 Å². The fourth-order valence-corrected chi connectivity index (χ4v) is 3.22. The van der Waals surface area contributed by atoms with Crippen molar-refractivity contribution in [3.8, 4) is 11.6 Å². The number of ether oxygens (including phenoxy) is 1. The average molecular weight is 440 g/mol. The Morgan fingerprint density at radius 2 is 1.83 bits per heavy atom. The van der Waals surface area contributed by atoms with E-state index in [-0.39, 0.29) is 39.2 Å². The second-order valence-corrected chi connectivity index (χ2v) is 7.55. The number of aryl methyl sites for hydroxylation is 1. The summed E-state index contributed by atoms with van der Waals surface area (Å²) in [6, 6.07) is 4.44. The first kappa shape index (κ1) is 20.9. The van der Waals surface area contributed by atoms with Gasteiger partial charge in [0.15, 0.2) is 11.6 Å². The Morgan fingerprint density at radius 1 is 1.17 bits per heavy atom. The molecule has 0 radical (unpaired) electrons. The van der Waals surface area contributed by atoms with E-state index in [1.807, 2.05) is 13.8 Å². The summed E-state index contributed by atoms with van der Waals surface area (Å²) in [7, 11) is 1.55. The largest absolute Gasteiger partial charge is 0.438 e. The van der Waals surface area contributed by atoms with E-state index in [0.29, 0.717) is 17.1 Å². The van der Waals surface area contributed by atoms with Crippen LogP contribution in [0.5, 0.6) is 11.6 Å². The standard InChI is InChI=1S/C18H19Cl2N5O4/c1-8(2)11-7-14(23-25(4)17(11)26)28-15-12(19)5-10(6-13(15)20)21-9(3)16-22-18(27)29-24-16/h5-9,21H,1-4H3,(H,22,24,27)/t9-/m0/s1. The number of nitrogens with one attached hydrogen (secondary N) is 2. The van der Waals surface area contributed by atoms with Gasteiger partial charge in [-0.15, -0.1) is 5.10 Å². The third-order valence-electron chi connectivity index (χ3n) is 4.15. The minimum absolute atomic E-state index is 0.000953. The molecule has 2 heterocycles. The zero-order valence-corrected chi connectivity index (χ0v) is 17.6. The normalized spacial score (nSPS) is 12.2. The Labute approximate surface area is 175 Å². The Kier molecular flexibility index (Phi) is 5.99. The number of rotatable bonds is 6. The van der Waals surface area contributed by atoms with E-state index in [4.69, 9.17) is 27.9 Å². The quantitative estimate of drug-likeness (QED) is 0.598. The summed E-state index contributed by atoms with van der Waals surface area (Å²) < 4.78 is 11.5. The number of hydrogen-bond acceptors (Lipinski definition) is 7. The summed E-state index contributed by atoms with van der Waals surface area (Å²) in [5, 5.41) is 11.3. The maximum Gasteiger partial charge on any atom is 0.438 e. The van der Waals surface area contributed by atoms with Gasteiger partial charge in [-0.1, -0.05) is 42.2 Å². The Hall–Kier alpha value is -2.78. The first-order chi connectivity index (χ1) is 13.7. The molecule has 2 aromatic heterocycles. The highest BCUT2D eigenvalue weighted by atomic mass is 35.5. The van der Waals surface area contributed by atoms with E-state index >= 15 is 0 Å². The Balaban J connectivity index is 1.87. The van der Waals surface area contributed by atoms with Crippen LogP contribution in [-0.2, 0) is 7.05 Å². The van der Waals surface area contributed by atoms with E-state index < -0.39 is 5.76 Å². The SMILES string of the molecule is CC(C)c1cc(Oc2c(Cl)cc(N[C@@H](C)c3noc(=O)[nH]3)cc2Cl)nn(C)c1=O. The monoisotopic (exact) mass is 439 g/mol. The van der Waals surface area contributed by atoms with Crippen molar-refractivity contribution >= 4 is 28.9 Å². The number of benzene rings is 1. The van der Waals surface area contributed by atoms with E-state index in [9.17, 15) is 9.59 Å². The van der Waals surface area contributed by atoms with Gasteiger partial charge in [0, 0.05) is 24.4 Å². The molecule has 2 N–H and O–H groups in total. The summed E-state index contributed by atoms with van der Waals surface area (Å²) >= 11 is 12.7. The predicted octanol–water partition coefficient (Wildman–Crippen LogP) is 3.85. The molecule has 0 bridgehead atoms. The van der Waals surface area contributed by atoms with Gasteiger partial charge in [0.25, 0.3) is 5.56 Å². The molecular formula is C18H19Cl2N5O4. The Bertz CT molecular complexity index is 1130. The minimum Gasteiger partial charge on any atom is -0.434 e. The molecule has 0 unspecified atom stereocenters. The molecule has 0 saturated carbocycles. The molecule has 0 aliphatic rings. The molecule has 1 atom stereocenters. The van der Waals surface area contributed by atoms with E-state index in [1.165, 1.54) is 4.68 Å². The van der Waals surface area contributed by atoms with Gasteiger partial charge in [-0.2, -0.15) is 0 Å². The maximum atomic E-state index is 12.2. The van der Waals surface area contributed by atoms with Gasteiger partial charge in [0.2, 0.25) is 5.88 Å². The molecule has 1 aromatic carbocycles. The fourth-order valence-electron chi connectivity index (χ4n) is 2.66. The molecule has 0 saturated heterocycles. The van der Waals surface area contributed by atoms with Crippen LogP contribution in [0.2, 0.25) is 10.0 Å². The van der Waals surface area contributed by atoms with Gasteiger partial charge in [-0.25, -0.2) is 9.48 Å². The third kappa shape index (κ3) is 4.63. The van der Waals surface area contributed by atoms with Crippen molar-refractivity contribution in [3.63, 3.8) is 0 Å². The first-order valence-corrected chi connectivity index (χ1v) is 9.49. The number of anilines is 1. The van der Waals surface area contributed by atoms with Crippen LogP contribution in [-0.4, -0.2) is 19.9 Å². The number of aromatic amines is 1. The zero-order valence-electron chi connectivity index (χ0n) is 16.1. The lowest BCUT2D eigenvalue weighted by molar-refractivity contribution is 0.379. The van der Waals surface area contributed by atoms with Gasteiger partial charge in [0.1, 0.15) is 0 Å². The molecule has 0 aliphatic heterocycles. The van der Waals surface area contributed by atoms with Crippen molar-refractivity contribution in [2.75, 3.05) is 5.32 Å². The van der Waals surface area contributed by atoms with Crippen molar-refractivity contribution in [1.29, 1.82) is 0 Å². The number of aromatic nitrogens is 4. The van der Waals surface area contributed by atoms with Gasteiger partial charge in [-0.3, -0.25) is 14.3 Å². The molecule has 29 heavy (non-hydrogen) atoms. The second-order valence-electron chi connectivity index (χ2n) is 6.74. The predicted molar refractivity (Wildman–Crippen MR) is 109 cm³/mol. The van der Waals surface area contributed by atoms with Crippen LogP contribution in [0, 0.1) is 0 Å². The lowest BCUT2D eigenvalue weighted by Crippen LogP contribution is -2.24. The van der Waals surface area contributed by atoms with Crippen LogP contribution in [0.25, 0.3) is 0 Å². The molecular weight excluding hydrogens is 421 g/mol. The van der Waals surface area contributed by atoms with Crippen molar-refractivity contribution in [2.45, 2.75) is 32.7 Å². The van der Waals surface area contributed by atoms with E-state index in [1.54, 1.807) is 32.2 Å². The average Bonchev–Trinajstić information content (AvgIpc) is 3.07. The van der Waals surface area contributed by atoms with E-state index in [0.717, 1.165) is 0 Å². The molecule has 11 heteroatoms. The van der Waals surface area contributed by atoms with Crippen LogP contribution in [0.3, 0.4) is 0 Å². The lowest BCUT2D eigenvalue weighted by atomic mass is 10.1. The maximum absolute atomic E-state index is 12.2. The summed E-state index contributed by atoms with van der Waals surface area (Å²) in [6.45, 7) is 5.59. The number of nitrogens with zero attached hydrogens (tertiary/aromatic N) is 3. The zero-order chi connectivity index (χ0) is 21.3. The highest BCUT2D eigenvalue weighted by Crippen LogP contribution is 2.39. The molecule has 9 nitrogen and oxygen atoms in total. The van der Waals surface area contributed by atoms with Crippen molar-refractivity contribution in [3.05, 3.63) is 60.5 Å². The summed E-state index contributed by atoms with van der Waals surface area (Å²) in [6.07, 6.45) is 0. The molecule has 3 rings (SSSR count). The van der Waals surface area contributed by atoms with Crippen LogP contribution < -0.4 is 21.4 Å². The van der Waals surface area contributed by atoms with Crippen LogP contribution >= 0.6 is 23.2 Å². The third-order valence-corrected chi connectivity index (χ3v) is 4.71. The summed E-state index contributed by atoms with van der Waals surface area (Å²) in [5.74, 6) is 0.106. The number of H-pyrrole nitrogens is 1. The van der Waals surface area contributed by atoms with Crippen LogP contribution in [0.15, 0.2) is 32.3 Å². The highest BCUT2D eigenvalue weighted by molar-refractivity contribution is 6.37. The molecule has 0 spiro atoms. The summed E-state index contributed by atoms with van der Waals surface area (Å²) in [5.41, 5.74) is 0.961. The molecule has 0 aliphatic carbocycles. The van der Waals surface area contributed by atoms with Crippen LogP contribution in [0.1, 0.15) is 44.1 Å². The van der Waals surface area contributed by atoms with Crippen molar-refractivity contribution < 1.29 is 9.26 Å². The molecule has 154 valence electrons. The lowest BCUT2D eigenvalue weighted by Gasteiger charge is -2.16. The number of hydrogen-bond donors (Lipinski definition) is 2. The topological polar surface area (TPSA) is 115 Å².